The molecule has 0 saturated heterocycles. The van der Waals surface area contributed by atoms with Crippen molar-refractivity contribution in [3.8, 4) is 0 Å². The number of unbranched alkanes of at least 4 members (excludes halogenated alkanes) is 20. The molecule has 0 aliphatic heterocycles. The summed E-state index contributed by atoms with van der Waals surface area (Å²) in [5, 5.41) is 13.6. The van der Waals surface area contributed by atoms with Crippen LogP contribution in [0.15, 0.2) is 36.5 Å². The number of aliphatic hydroxyl groups excluding tert-OH is 1. The summed E-state index contributed by atoms with van der Waals surface area (Å²) < 4.78 is 22.0. The molecule has 0 aromatic carbocycles. The van der Waals surface area contributed by atoms with Crippen molar-refractivity contribution in [2.75, 3.05) is 19.8 Å². The van der Waals surface area contributed by atoms with Crippen molar-refractivity contribution in [2.45, 2.75) is 187 Å². The Morgan fingerprint density at radius 2 is 1.15 bits per heavy atom. The predicted octanol–water partition coefficient (Wildman–Crippen LogP) is 10.4. The Balaban J connectivity index is 4.21. The average molecular weight is 699 g/mol. The normalized spacial score (nSPS) is 14.7. The van der Waals surface area contributed by atoms with Crippen molar-refractivity contribution in [1.82, 2.24) is 5.32 Å². The van der Waals surface area contributed by atoms with Crippen LogP contribution in [0, 0.1) is 0 Å². The molecule has 8 nitrogen and oxygen atoms in total. The van der Waals surface area contributed by atoms with E-state index in [9.17, 15) is 19.4 Å². The number of hydrogen-bond donors (Lipinski definition) is 4. The highest BCUT2D eigenvalue weighted by molar-refractivity contribution is 7.47. The maximum Gasteiger partial charge on any atom is 0.472 e. The molecule has 0 heterocycles. The first-order valence-corrected chi connectivity index (χ1v) is 21.1. The van der Waals surface area contributed by atoms with Crippen LogP contribution in [0.25, 0.3) is 0 Å². The Hall–Kier alpha value is -1.28. The number of carbonyl (C=O) groups excluding carboxylic acids is 1. The molecule has 0 bridgehead atoms. The molecule has 0 radical (unpaired) electrons. The second-order valence-electron chi connectivity index (χ2n) is 13.1. The van der Waals surface area contributed by atoms with Crippen LogP contribution in [0.4, 0.5) is 0 Å². The van der Waals surface area contributed by atoms with Crippen LogP contribution in [-0.2, 0) is 18.4 Å². The number of rotatable bonds is 36. The van der Waals surface area contributed by atoms with Gasteiger partial charge in [0.05, 0.1) is 25.4 Å². The first kappa shape index (κ1) is 46.7. The fraction of sp³-hybridized carbons (Fsp3) is 0.821. The molecule has 1 amide bonds. The molecule has 0 rings (SSSR count). The van der Waals surface area contributed by atoms with Gasteiger partial charge in [0.15, 0.2) is 0 Å². The van der Waals surface area contributed by atoms with E-state index in [2.05, 4.69) is 43.5 Å². The van der Waals surface area contributed by atoms with Crippen molar-refractivity contribution in [3.63, 3.8) is 0 Å². The quantitative estimate of drug-likeness (QED) is 0.0291. The molecule has 282 valence electrons. The molecule has 48 heavy (non-hydrogen) atoms. The van der Waals surface area contributed by atoms with Gasteiger partial charge in [0.2, 0.25) is 5.91 Å². The number of nitrogens with two attached hydrogens (primary N) is 1. The van der Waals surface area contributed by atoms with Gasteiger partial charge in [-0.25, -0.2) is 4.57 Å². The second-order valence-corrected chi connectivity index (χ2v) is 14.6. The van der Waals surface area contributed by atoms with Gasteiger partial charge in [-0.2, -0.15) is 0 Å². The molecule has 0 aliphatic rings. The lowest BCUT2D eigenvalue weighted by Gasteiger charge is -2.23. The lowest BCUT2D eigenvalue weighted by atomic mass is 10.0. The van der Waals surface area contributed by atoms with Crippen molar-refractivity contribution in [2.24, 2.45) is 5.73 Å². The number of carbonyl (C=O) groups is 1. The molecule has 3 atom stereocenters. The summed E-state index contributed by atoms with van der Waals surface area (Å²) in [4.78, 5) is 22.6. The zero-order chi connectivity index (χ0) is 35.4. The minimum atomic E-state index is -4.33. The van der Waals surface area contributed by atoms with Gasteiger partial charge in [0, 0.05) is 13.0 Å². The summed E-state index contributed by atoms with van der Waals surface area (Å²) >= 11 is 0. The Labute approximate surface area is 295 Å². The summed E-state index contributed by atoms with van der Waals surface area (Å²) in [6.45, 7) is 4.07. The molecule has 0 saturated carbocycles. The zero-order valence-corrected chi connectivity index (χ0v) is 31.9. The number of phosphoric acid groups is 1. The van der Waals surface area contributed by atoms with E-state index in [4.69, 9.17) is 14.8 Å². The van der Waals surface area contributed by atoms with Crippen LogP contribution in [-0.4, -0.2) is 47.8 Å². The summed E-state index contributed by atoms with van der Waals surface area (Å²) in [6, 6.07) is -0.859. The third-order valence-electron chi connectivity index (χ3n) is 8.46. The number of aliphatic hydroxyl groups is 1. The minimum absolute atomic E-state index is 0.0771. The summed E-state index contributed by atoms with van der Waals surface area (Å²) in [6.07, 6.45) is 40.4. The Morgan fingerprint density at radius 3 is 1.69 bits per heavy atom. The number of nitrogens with one attached hydrogen (secondary N) is 1. The Bertz CT molecular complexity index is 850. The smallest absolute Gasteiger partial charge is 0.387 e. The van der Waals surface area contributed by atoms with Crippen molar-refractivity contribution in [1.29, 1.82) is 0 Å². The van der Waals surface area contributed by atoms with E-state index >= 15 is 0 Å². The molecular weight excluding hydrogens is 623 g/mol. The van der Waals surface area contributed by atoms with Gasteiger partial charge < -0.3 is 21.1 Å². The molecule has 0 fully saturated rings. The Morgan fingerprint density at radius 1 is 0.688 bits per heavy atom. The number of allylic oxidation sites excluding steroid dienone is 5. The highest BCUT2D eigenvalue weighted by atomic mass is 31.2. The van der Waals surface area contributed by atoms with E-state index in [1.165, 1.54) is 109 Å². The first-order chi connectivity index (χ1) is 23.4. The van der Waals surface area contributed by atoms with Crippen LogP contribution in [0.2, 0.25) is 0 Å². The monoisotopic (exact) mass is 699 g/mol. The highest BCUT2D eigenvalue weighted by Crippen LogP contribution is 2.43. The first-order valence-electron chi connectivity index (χ1n) is 19.6. The third-order valence-corrected chi connectivity index (χ3v) is 9.44. The van der Waals surface area contributed by atoms with E-state index in [1.54, 1.807) is 6.08 Å². The molecule has 9 heteroatoms. The molecule has 5 N–H and O–H groups in total. The van der Waals surface area contributed by atoms with E-state index in [0.29, 0.717) is 6.42 Å². The molecule has 0 aromatic rings. The van der Waals surface area contributed by atoms with Gasteiger partial charge in [0.25, 0.3) is 0 Å². The highest BCUT2D eigenvalue weighted by Gasteiger charge is 2.26. The van der Waals surface area contributed by atoms with Crippen LogP contribution >= 0.6 is 7.82 Å². The lowest BCUT2D eigenvalue weighted by Crippen LogP contribution is -2.45. The standard InChI is InChI=1S/C39H75N2O6P/c1-3-5-7-9-11-13-15-16-17-18-19-20-21-22-23-25-27-29-31-33-39(43)41-37(36-47-48(44,45)46-35-34-40)38(42)32-30-28-26-24-14-12-10-8-6-4-2/h11,13,16-17,30,32,37-38,42H,3-10,12,14-15,18-29,31,33-36,40H2,1-2H3,(H,41,43)(H,44,45)/b13-11-,17-16-,32-30+. The predicted molar refractivity (Wildman–Crippen MR) is 203 cm³/mol. The lowest BCUT2D eigenvalue weighted by molar-refractivity contribution is -0.123. The van der Waals surface area contributed by atoms with Gasteiger partial charge in [-0.05, 0) is 51.4 Å². The second kappa shape index (κ2) is 35.5. The van der Waals surface area contributed by atoms with Gasteiger partial charge in [-0.3, -0.25) is 13.8 Å². The van der Waals surface area contributed by atoms with Gasteiger partial charge in [0.1, 0.15) is 0 Å². The fourth-order valence-corrected chi connectivity index (χ4v) is 6.21. The third kappa shape index (κ3) is 33.2. The molecule has 0 aliphatic carbocycles. The van der Waals surface area contributed by atoms with Crippen LogP contribution in [0.3, 0.4) is 0 Å². The summed E-state index contributed by atoms with van der Waals surface area (Å²) in [7, 11) is -4.33. The molecule has 0 spiro atoms. The maximum atomic E-state index is 12.7. The minimum Gasteiger partial charge on any atom is -0.387 e. The zero-order valence-electron chi connectivity index (χ0n) is 31.0. The SMILES string of the molecule is CCCCC/C=C\C/C=C\CCCCCCCCCCCC(=O)NC(COP(=O)(O)OCCN)C(O)/C=C/CCCCCCCCCC. The number of hydrogen-bond acceptors (Lipinski definition) is 6. The van der Waals surface area contributed by atoms with Crippen molar-refractivity contribution >= 4 is 13.7 Å². The van der Waals surface area contributed by atoms with E-state index in [0.717, 1.165) is 44.9 Å². The van der Waals surface area contributed by atoms with Crippen LogP contribution in [0.1, 0.15) is 174 Å². The van der Waals surface area contributed by atoms with Gasteiger partial charge in [-0.15, -0.1) is 0 Å². The molecule has 0 aromatic heterocycles. The summed E-state index contributed by atoms with van der Waals surface area (Å²) in [5.41, 5.74) is 5.35. The molecule has 3 unspecified atom stereocenters. The topological polar surface area (TPSA) is 131 Å². The van der Waals surface area contributed by atoms with E-state index < -0.39 is 20.0 Å². The van der Waals surface area contributed by atoms with E-state index in [1.807, 2.05) is 6.08 Å². The Kier molecular flexibility index (Phi) is 34.6. The van der Waals surface area contributed by atoms with Crippen molar-refractivity contribution in [3.05, 3.63) is 36.5 Å². The number of phosphoric ester groups is 1. The van der Waals surface area contributed by atoms with Crippen molar-refractivity contribution < 1.29 is 28.4 Å². The van der Waals surface area contributed by atoms with Crippen LogP contribution < -0.4 is 11.1 Å². The maximum absolute atomic E-state index is 12.7. The average Bonchev–Trinajstić information content (AvgIpc) is 3.07. The van der Waals surface area contributed by atoms with Gasteiger partial charge in [-0.1, -0.05) is 153 Å². The molecular formula is C39H75N2O6P. The summed E-state index contributed by atoms with van der Waals surface area (Å²) in [5.74, 6) is -0.202. The van der Waals surface area contributed by atoms with Crippen LogP contribution in [0.5, 0.6) is 0 Å². The largest absolute Gasteiger partial charge is 0.472 e. The fourth-order valence-electron chi connectivity index (χ4n) is 5.45. The van der Waals surface area contributed by atoms with E-state index in [-0.39, 0.29) is 25.7 Å². The number of amides is 1. The van der Waals surface area contributed by atoms with Gasteiger partial charge >= 0.3 is 7.82 Å².